The maximum atomic E-state index is 4.91. The zero-order valence-corrected chi connectivity index (χ0v) is 11.9. The average molecular weight is 271 g/mol. The number of hydrogen-bond acceptors (Lipinski definition) is 4. The summed E-state index contributed by atoms with van der Waals surface area (Å²) in [5, 5.41) is 7.80. The summed E-state index contributed by atoms with van der Waals surface area (Å²) in [6, 6.07) is 0. The lowest BCUT2D eigenvalue weighted by atomic mass is 10.0. The molecule has 1 aliphatic heterocycles. The van der Waals surface area contributed by atoms with Crippen molar-refractivity contribution in [3.63, 3.8) is 0 Å². The Morgan fingerprint density at radius 3 is 2.89 bits per heavy atom. The lowest BCUT2D eigenvalue weighted by Gasteiger charge is -2.20. The Morgan fingerprint density at radius 2 is 2.16 bits per heavy atom. The smallest absolute Gasteiger partial charge is 0.160 e. The van der Waals surface area contributed by atoms with Gasteiger partial charge in [0.15, 0.2) is 5.82 Å². The van der Waals surface area contributed by atoms with Gasteiger partial charge in [0, 0.05) is 41.9 Å². The largest absolute Gasteiger partial charge is 0.312 e. The molecule has 1 aliphatic carbocycles. The Morgan fingerprint density at radius 1 is 1.26 bits per heavy atom. The summed E-state index contributed by atoms with van der Waals surface area (Å²) in [6.07, 6.45) is 3.63. The SMILES string of the molecule is Cc1cscc1-c1nc2c(c(C3CC3)n1)CNCC2. The summed E-state index contributed by atoms with van der Waals surface area (Å²) >= 11 is 1.74. The van der Waals surface area contributed by atoms with Gasteiger partial charge in [0.2, 0.25) is 0 Å². The van der Waals surface area contributed by atoms with Gasteiger partial charge in [0.25, 0.3) is 0 Å². The number of rotatable bonds is 2. The molecule has 3 nitrogen and oxygen atoms in total. The summed E-state index contributed by atoms with van der Waals surface area (Å²) in [6.45, 7) is 4.13. The predicted octanol–water partition coefficient (Wildman–Crippen LogP) is 3.04. The number of nitrogens with one attached hydrogen (secondary N) is 1. The second-order valence-corrected chi connectivity index (χ2v) is 6.27. The molecule has 4 heteroatoms. The zero-order valence-electron chi connectivity index (χ0n) is 11.1. The van der Waals surface area contributed by atoms with Gasteiger partial charge >= 0.3 is 0 Å². The van der Waals surface area contributed by atoms with Gasteiger partial charge in [-0.15, -0.1) is 0 Å². The summed E-state index contributed by atoms with van der Waals surface area (Å²) < 4.78 is 0. The van der Waals surface area contributed by atoms with Crippen molar-refractivity contribution >= 4 is 11.3 Å². The van der Waals surface area contributed by atoms with Crippen LogP contribution in [0.25, 0.3) is 11.4 Å². The van der Waals surface area contributed by atoms with Crippen LogP contribution < -0.4 is 5.32 Å². The number of thiophene rings is 1. The maximum Gasteiger partial charge on any atom is 0.160 e. The first-order chi connectivity index (χ1) is 9.33. The molecule has 0 aromatic carbocycles. The van der Waals surface area contributed by atoms with Crippen molar-refractivity contribution in [2.24, 2.45) is 0 Å². The van der Waals surface area contributed by atoms with E-state index in [4.69, 9.17) is 9.97 Å². The van der Waals surface area contributed by atoms with Crippen LogP contribution in [-0.4, -0.2) is 16.5 Å². The summed E-state index contributed by atoms with van der Waals surface area (Å²) in [4.78, 5) is 9.75. The van der Waals surface area contributed by atoms with E-state index in [9.17, 15) is 0 Å². The molecular formula is C15H17N3S. The number of fused-ring (bicyclic) bond motifs is 1. The molecule has 2 aliphatic rings. The second kappa shape index (κ2) is 4.39. The van der Waals surface area contributed by atoms with E-state index in [0.717, 1.165) is 25.3 Å². The Labute approximate surface area is 117 Å². The molecule has 4 rings (SSSR count). The molecule has 1 N–H and O–H groups in total. The maximum absolute atomic E-state index is 4.91. The molecule has 0 atom stereocenters. The molecule has 98 valence electrons. The zero-order chi connectivity index (χ0) is 12.8. The van der Waals surface area contributed by atoms with Crippen LogP contribution in [-0.2, 0) is 13.0 Å². The van der Waals surface area contributed by atoms with E-state index in [-0.39, 0.29) is 0 Å². The van der Waals surface area contributed by atoms with Crippen molar-refractivity contribution in [1.82, 2.24) is 15.3 Å². The Hall–Kier alpha value is -1.26. The standard InChI is InChI=1S/C15H17N3S/c1-9-7-19-8-12(9)15-17-13-4-5-16-6-11(13)14(18-15)10-2-3-10/h7-8,10,16H,2-6H2,1H3. The van der Waals surface area contributed by atoms with Gasteiger partial charge in [-0.25, -0.2) is 9.97 Å². The highest BCUT2D eigenvalue weighted by atomic mass is 32.1. The van der Waals surface area contributed by atoms with Gasteiger partial charge in [-0.2, -0.15) is 11.3 Å². The first-order valence-electron chi connectivity index (χ1n) is 6.96. The minimum absolute atomic E-state index is 0.689. The second-order valence-electron chi connectivity index (χ2n) is 5.53. The van der Waals surface area contributed by atoms with Crippen molar-refractivity contribution < 1.29 is 0 Å². The minimum atomic E-state index is 0.689. The Bertz CT molecular complexity index is 628. The van der Waals surface area contributed by atoms with Crippen LogP contribution in [0, 0.1) is 6.92 Å². The van der Waals surface area contributed by atoms with Gasteiger partial charge in [0.05, 0.1) is 11.4 Å². The molecule has 3 heterocycles. The van der Waals surface area contributed by atoms with Gasteiger partial charge < -0.3 is 5.32 Å². The van der Waals surface area contributed by atoms with Gasteiger partial charge in [-0.1, -0.05) is 0 Å². The third-order valence-corrected chi connectivity index (χ3v) is 4.89. The van der Waals surface area contributed by atoms with E-state index >= 15 is 0 Å². The van der Waals surface area contributed by atoms with Crippen LogP contribution in [0.4, 0.5) is 0 Å². The van der Waals surface area contributed by atoms with E-state index in [1.54, 1.807) is 11.3 Å². The van der Waals surface area contributed by atoms with Crippen LogP contribution >= 0.6 is 11.3 Å². The third-order valence-electron chi connectivity index (χ3n) is 4.03. The number of hydrogen-bond donors (Lipinski definition) is 1. The molecular weight excluding hydrogens is 254 g/mol. The molecule has 2 aromatic heterocycles. The van der Waals surface area contributed by atoms with Gasteiger partial charge in [-0.3, -0.25) is 0 Å². The van der Waals surface area contributed by atoms with Crippen LogP contribution in [0.2, 0.25) is 0 Å². The van der Waals surface area contributed by atoms with Crippen LogP contribution in [0.5, 0.6) is 0 Å². The molecule has 19 heavy (non-hydrogen) atoms. The number of nitrogens with zero attached hydrogens (tertiary/aromatic N) is 2. The van der Waals surface area contributed by atoms with Crippen LogP contribution in [0.15, 0.2) is 10.8 Å². The normalized spacial score (nSPS) is 18.4. The van der Waals surface area contributed by atoms with E-state index in [0.29, 0.717) is 5.92 Å². The molecule has 0 unspecified atom stereocenters. The fraction of sp³-hybridized carbons (Fsp3) is 0.467. The molecule has 0 radical (unpaired) electrons. The highest BCUT2D eigenvalue weighted by molar-refractivity contribution is 7.08. The van der Waals surface area contributed by atoms with Crippen molar-refractivity contribution in [3.8, 4) is 11.4 Å². The Kier molecular flexibility index (Phi) is 2.67. The summed E-state index contributed by atoms with van der Waals surface area (Å²) in [5.74, 6) is 1.63. The summed E-state index contributed by atoms with van der Waals surface area (Å²) in [7, 11) is 0. The Balaban J connectivity index is 1.88. The lowest BCUT2D eigenvalue weighted by Crippen LogP contribution is -2.26. The minimum Gasteiger partial charge on any atom is -0.312 e. The van der Waals surface area contributed by atoms with E-state index in [1.807, 2.05) is 0 Å². The van der Waals surface area contributed by atoms with E-state index in [1.165, 1.54) is 40.9 Å². The predicted molar refractivity (Wildman–Crippen MR) is 77.5 cm³/mol. The van der Waals surface area contributed by atoms with E-state index in [2.05, 4.69) is 23.0 Å². The molecule has 0 saturated heterocycles. The fourth-order valence-electron chi connectivity index (χ4n) is 2.77. The summed E-state index contributed by atoms with van der Waals surface area (Å²) in [5.41, 5.74) is 6.48. The number of aromatic nitrogens is 2. The van der Waals surface area contributed by atoms with Gasteiger partial charge in [-0.05, 0) is 30.7 Å². The molecule has 0 spiro atoms. The van der Waals surface area contributed by atoms with Crippen LogP contribution in [0.3, 0.4) is 0 Å². The third kappa shape index (κ3) is 1.99. The lowest BCUT2D eigenvalue weighted by molar-refractivity contribution is 0.617. The highest BCUT2D eigenvalue weighted by Crippen LogP contribution is 2.42. The average Bonchev–Trinajstić information content (AvgIpc) is 3.19. The van der Waals surface area contributed by atoms with Crippen molar-refractivity contribution in [1.29, 1.82) is 0 Å². The fourth-order valence-corrected chi connectivity index (χ4v) is 3.60. The molecule has 0 bridgehead atoms. The molecule has 1 fully saturated rings. The molecule has 2 aromatic rings. The van der Waals surface area contributed by atoms with E-state index < -0.39 is 0 Å². The quantitative estimate of drug-likeness (QED) is 0.912. The first-order valence-corrected chi connectivity index (χ1v) is 7.91. The topological polar surface area (TPSA) is 37.8 Å². The first kappa shape index (κ1) is 11.6. The highest BCUT2D eigenvalue weighted by Gasteiger charge is 2.31. The monoisotopic (exact) mass is 271 g/mol. The van der Waals surface area contributed by atoms with Crippen molar-refractivity contribution in [2.75, 3.05) is 6.54 Å². The van der Waals surface area contributed by atoms with Crippen LogP contribution in [0.1, 0.15) is 41.3 Å². The van der Waals surface area contributed by atoms with Crippen molar-refractivity contribution in [3.05, 3.63) is 33.3 Å². The molecule has 1 saturated carbocycles. The number of aryl methyl sites for hydroxylation is 1. The molecule has 0 amide bonds. The van der Waals surface area contributed by atoms with Gasteiger partial charge in [0.1, 0.15) is 0 Å². The van der Waals surface area contributed by atoms with Crippen molar-refractivity contribution in [2.45, 2.75) is 38.6 Å².